The van der Waals surface area contributed by atoms with Crippen LogP contribution in [0.2, 0.25) is 0 Å². The van der Waals surface area contributed by atoms with E-state index in [4.69, 9.17) is 4.42 Å². The summed E-state index contributed by atoms with van der Waals surface area (Å²) in [6, 6.07) is 3.89. The van der Waals surface area contributed by atoms with Crippen LogP contribution in [0.25, 0.3) is 0 Å². The Morgan fingerprint density at radius 1 is 1.41 bits per heavy atom. The molecule has 0 spiro atoms. The summed E-state index contributed by atoms with van der Waals surface area (Å²) in [5, 5.41) is 6.15. The van der Waals surface area contributed by atoms with Crippen molar-refractivity contribution in [2.75, 3.05) is 0 Å². The molecule has 0 saturated heterocycles. The van der Waals surface area contributed by atoms with Crippen molar-refractivity contribution in [3.05, 3.63) is 24.2 Å². The number of furan rings is 1. The molecule has 1 aromatic rings. The SMILES string of the molecule is CCC(CC)NC(C)C(=O)NCc1ccco1. The molecule has 0 aliphatic heterocycles. The molecule has 1 rings (SSSR count). The molecule has 0 radical (unpaired) electrons. The minimum atomic E-state index is -0.171. The van der Waals surface area contributed by atoms with E-state index in [1.54, 1.807) is 6.26 Å². The van der Waals surface area contributed by atoms with Gasteiger partial charge >= 0.3 is 0 Å². The van der Waals surface area contributed by atoms with Gasteiger partial charge in [-0.1, -0.05) is 13.8 Å². The smallest absolute Gasteiger partial charge is 0.237 e. The van der Waals surface area contributed by atoms with E-state index in [0.29, 0.717) is 12.6 Å². The second-order valence-corrected chi connectivity index (χ2v) is 4.20. The van der Waals surface area contributed by atoms with Crippen LogP contribution in [0.3, 0.4) is 0 Å². The van der Waals surface area contributed by atoms with Gasteiger partial charge in [0.25, 0.3) is 0 Å². The largest absolute Gasteiger partial charge is 0.467 e. The van der Waals surface area contributed by atoms with E-state index in [9.17, 15) is 4.79 Å². The van der Waals surface area contributed by atoms with Crippen molar-refractivity contribution in [3.8, 4) is 0 Å². The lowest BCUT2D eigenvalue weighted by Gasteiger charge is -2.20. The van der Waals surface area contributed by atoms with Gasteiger partial charge in [-0.05, 0) is 31.9 Å². The highest BCUT2D eigenvalue weighted by Gasteiger charge is 2.15. The van der Waals surface area contributed by atoms with Crippen molar-refractivity contribution < 1.29 is 9.21 Å². The molecule has 0 aromatic carbocycles. The zero-order valence-electron chi connectivity index (χ0n) is 10.8. The Morgan fingerprint density at radius 3 is 2.65 bits per heavy atom. The lowest BCUT2D eigenvalue weighted by Crippen LogP contribution is -2.46. The number of amides is 1. The Balaban J connectivity index is 2.31. The van der Waals surface area contributed by atoms with Gasteiger partial charge in [-0.15, -0.1) is 0 Å². The lowest BCUT2D eigenvalue weighted by molar-refractivity contribution is -0.123. The fourth-order valence-corrected chi connectivity index (χ4v) is 1.69. The number of carbonyl (C=O) groups is 1. The molecular formula is C13H22N2O2. The summed E-state index contributed by atoms with van der Waals surface area (Å²) < 4.78 is 5.15. The zero-order valence-corrected chi connectivity index (χ0v) is 10.8. The lowest BCUT2D eigenvalue weighted by atomic mass is 10.1. The maximum atomic E-state index is 11.8. The number of rotatable bonds is 7. The Bertz CT molecular complexity index is 318. The Labute approximate surface area is 103 Å². The molecule has 1 atom stereocenters. The van der Waals surface area contributed by atoms with E-state index in [2.05, 4.69) is 24.5 Å². The molecular weight excluding hydrogens is 216 g/mol. The van der Waals surface area contributed by atoms with Crippen molar-refractivity contribution in [1.82, 2.24) is 10.6 Å². The fraction of sp³-hybridized carbons (Fsp3) is 0.615. The van der Waals surface area contributed by atoms with Crippen LogP contribution in [0.5, 0.6) is 0 Å². The summed E-state index contributed by atoms with van der Waals surface area (Å²) in [6.45, 7) is 6.57. The maximum absolute atomic E-state index is 11.8. The van der Waals surface area contributed by atoms with Crippen molar-refractivity contribution in [2.45, 2.75) is 52.2 Å². The normalized spacial score (nSPS) is 12.7. The average molecular weight is 238 g/mol. The third-order valence-corrected chi connectivity index (χ3v) is 2.88. The summed E-state index contributed by atoms with van der Waals surface area (Å²) in [5.41, 5.74) is 0. The van der Waals surface area contributed by atoms with Gasteiger partial charge in [-0.3, -0.25) is 4.79 Å². The van der Waals surface area contributed by atoms with Crippen LogP contribution in [-0.4, -0.2) is 18.0 Å². The van der Waals surface area contributed by atoms with Crippen LogP contribution >= 0.6 is 0 Å². The van der Waals surface area contributed by atoms with Crippen LogP contribution in [-0.2, 0) is 11.3 Å². The molecule has 0 bridgehead atoms. The van der Waals surface area contributed by atoms with E-state index >= 15 is 0 Å². The second-order valence-electron chi connectivity index (χ2n) is 4.20. The number of nitrogens with one attached hydrogen (secondary N) is 2. The van der Waals surface area contributed by atoms with Crippen LogP contribution in [0.4, 0.5) is 0 Å². The second kappa shape index (κ2) is 7.12. The van der Waals surface area contributed by atoms with E-state index in [1.165, 1.54) is 0 Å². The topological polar surface area (TPSA) is 54.3 Å². The van der Waals surface area contributed by atoms with Gasteiger partial charge in [0, 0.05) is 6.04 Å². The molecule has 1 aromatic heterocycles. The monoisotopic (exact) mass is 238 g/mol. The Hall–Kier alpha value is -1.29. The van der Waals surface area contributed by atoms with Gasteiger partial charge in [0.15, 0.2) is 0 Å². The van der Waals surface area contributed by atoms with Crippen molar-refractivity contribution in [2.24, 2.45) is 0 Å². The van der Waals surface area contributed by atoms with Gasteiger partial charge in [0.05, 0.1) is 18.8 Å². The highest BCUT2D eigenvalue weighted by atomic mass is 16.3. The minimum absolute atomic E-state index is 0.00769. The standard InChI is InChI=1S/C13H22N2O2/c1-4-11(5-2)15-10(3)13(16)14-9-12-7-6-8-17-12/h6-8,10-11,15H,4-5,9H2,1-3H3,(H,14,16). The van der Waals surface area contributed by atoms with Gasteiger partial charge in [0.1, 0.15) is 5.76 Å². The van der Waals surface area contributed by atoms with Crippen LogP contribution < -0.4 is 10.6 Å². The molecule has 0 fully saturated rings. The quantitative estimate of drug-likeness (QED) is 0.764. The van der Waals surface area contributed by atoms with E-state index in [1.807, 2.05) is 19.1 Å². The van der Waals surface area contributed by atoms with Gasteiger partial charge in [0.2, 0.25) is 5.91 Å². The van der Waals surface area contributed by atoms with E-state index < -0.39 is 0 Å². The summed E-state index contributed by atoms with van der Waals surface area (Å²) in [5.74, 6) is 0.779. The first-order valence-electron chi connectivity index (χ1n) is 6.23. The maximum Gasteiger partial charge on any atom is 0.237 e. The third-order valence-electron chi connectivity index (χ3n) is 2.88. The van der Waals surface area contributed by atoms with Gasteiger partial charge in [-0.2, -0.15) is 0 Å². The summed E-state index contributed by atoms with van der Waals surface area (Å²) in [6.07, 6.45) is 3.67. The van der Waals surface area contributed by atoms with Gasteiger partial charge < -0.3 is 15.1 Å². The highest BCUT2D eigenvalue weighted by Crippen LogP contribution is 2.00. The number of carbonyl (C=O) groups excluding carboxylic acids is 1. The first kappa shape index (κ1) is 13.8. The third kappa shape index (κ3) is 4.61. The molecule has 1 unspecified atom stereocenters. The molecule has 4 nitrogen and oxygen atoms in total. The Morgan fingerprint density at radius 2 is 2.12 bits per heavy atom. The van der Waals surface area contributed by atoms with Gasteiger partial charge in [-0.25, -0.2) is 0 Å². The summed E-state index contributed by atoms with van der Waals surface area (Å²) in [4.78, 5) is 11.8. The minimum Gasteiger partial charge on any atom is -0.467 e. The molecule has 0 saturated carbocycles. The number of hydrogen-bond donors (Lipinski definition) is 2. The first-order valence-corrected chi connectivity index (χ1v) is 6.23. The molecule has 4 heteroatoms. The van der Waals surface area contributed by atoms with Crippen LogP contribution in [0, 0.1) is 0 Å². The molecule has 17 heavy (non-hydrogen) atoms. The fourth-order valence-electron chi connectivity index (χ4n) is 1.69. The van der Waals surface area contributed by atoms with Crippen LogP contribution in [0.1, 0.15) is 39.4 Å². The summed E-state index contributed by atoms with van der Waals surface area (Å²) >= 11 is 0. The van der Waals surface area contributed by atoms with Crippen molar-refractivity contribution in [1.29, 1.82) is 0 Å². The number of hydrogen-bond acceptors (Lipinski definition) is 3. The van der Waals surface area contributed by atoms with E-state index in [0.717, 1.165) is 18.6 Å². The Kier molecular flexibility index (Phi) is 5.77. The predicted molar refractivity (Wildman–Crippen MR) is 67.5 cm³/mol. The molecule has 1 amide bonds. The predicted octanol–water partition coefficient (Wildman–Crippen LogP) is 2.06. The molecule has 2 N–H and O–H groups in total. The summed E-state index contributed by atoms with van der Waals surface area (Å²) in [7, 11) is 0. The zero-order chi connectivity index (χ0) is 12.7. The van der Waals surface area contributed by atoms with Crippen LogP contribution in [0.15, 0.2) is 22.8 Å². The van der Waals surface area contributed by atoms with Crippen molar-refractivity contribution in [3.63, 3.8) is 0 Å². The van der Waals surface area contributed by atoms with E-state index in [-0.39, 0.29) is 11.9 Å². The molecule has 0 aliphatic rings. The first-order chi connectivity index (χ1) is 8.17. The highest BCUT2D eigenvalue weighted by molar-refractivity contribution is 5.81. The average Bonchev–Trinajstić information content (AvgIpc) is 2.85. The van der Waals surface area contributed by atoms with Crippen molar-refractivity contribution >= 4 is 5.91 Å². The molecule has 96 valence electrons. The molecule has 0 aliphatic carbocycles. The molecule has 1 heterocycles.